The van der Waals surface area contributed by atoms with Crippen molar-refractivity contribution in [1.29, 1.82) is 0 Å². The second-order valence-corrected chi connectivity index (χ2v) is 8.90. The standard InChI is InChI=1S/C10H16O2S/c1-13(2,12,9-11)8-10-6-4-3-5-7-10/h3-7,9,11-12H,8H2,1-2H3. The molecule has 0 atom stereocenters. The SMILES string of the molecule is CS(C)(O)(=CO)Cc1ccccc1. The van der Waals surface area contributed by atoms with Crippen LogP contribution in [0, 0.1) is 0 Å². The first-order valence-electron chi connectivity index (χ1n) is 4.05. The molecule has 0 saturated carbocycles. The van der Waals surface area contributed by atoms with E-state index in [2.05, 4.69) is 0 Å². The number of hydrogen-bond acceptors (Lipinski definition) is 1. The second kappa shape index (κ2) is 3.25. The molecule has 0 aliphatic carbocycles. The Hall–Kier alpha value is -0.640. The molecule has 0 spiro atoms. The summed E-state index contributed by atoms with van der Waals surface area (Å²) in [5.74, 6) is 0.508. The molecule has 0 saturated heterocycles. The zero-order chi connectivity index (χ0) is 9.97. The average Bonchev–Trinajstić information content (AvgIpc) is 2.05. The monoisotopic (exact) mass is 200 g/mol. The van der Waals surface area contributed by atoms with Crippen molar-refractivity contribution in [3.05, 3.63) is 35.9 Å². The lowest BCUT2D eigenvalue weighted by Gasteiger charge is -2.34. The van der Waals surface area contributed by atoms with Crippen LogP contribution in [-0.2, 0) is 5.75 Å². The number of rotatable bonds is 2. The van der Waals surface area contributed by atoms with E-state index in [1.165, 1.54) is 0 Å². The Balaban J connectivity index is 2.95. The molecule has 0 aromatic heterocycles. The molecule has 0 aliphatic heterocycles. The van der Waals surface area contributed by atoms with Gasteiger partial charge in [-0.3, -0.25) is 0 Å². The van der Waals surface area contributed by atoms with Crippen molar-refractivity contribution in [1.82, 2.24) is 0 Å². The van der Waals surface area contributed by atoms with E-state index in [1.807, 2.05) is 30.3 Å². The van der Waals surface area contributed by atoms with Crippen molar-refractivity contribution in [3.8, 4) is 0 Å². The van der Waals surface area contributed by atoms with Gasteiger partial charge in [0.05, 0.1) is 5.55 Å². The Morgan fingerprint density at radius 2 is 1.77 bits per heavy atom. The Bertz CT molecular complexity index is 337. The van der Waals surface area contributed by atoms with E-state index >= 15 is 0 Å². The normalized spacial score (nSPS) is 14.6. The van der Waals surface area contributed by atoms with Crippen LogP contribution in [0.3, 0.4) is 0 Å². The summed E-state index contributed by atoms with van der Waals surface area (Å²) < 4.78 is 10.0. The molecule has 1 aromatic carbocycles. The quantitative estimate of drug-likeness (QED) is 0.720. The summed E-state index contributed by atoms with van der Waals surface area (Å²) in [6, 6.07) is 9.68. The highest BCUT2D eigenvalue weighted by Crippen LogP contribution is 2.49. The molecular formula is C10H16O2S. The molecule has 0 bridgehead atoms. The average molecular weight is 200 g/mol. The van der Waals surface area contributed by atoms with E-state index < -0.39 is 9.03 Å². The first-order valence-corrected chi connectivity index (χ1v) is 7.09. The lowest BCUT2D eigenvalue weighted by atomic mass is 10.2. The van der Waals surface area contributed by atoms with Gasteiger partial charge in [0.2, 0.25) is 0 Å². The van der Waals surface area contributed by atoms with Gasteiger partial charge in [0.1, 0.15) is 0 Å². The van der Waals surface area contributed by atoms with Crippen LogP contribution in [0.25, 0.3) is 0 Å². The molecule has 13 heavy (non-hydrogen) atoms. The summed E-state index contributed by atoms with van der Waals surface area (Å²) in [4.78, 5) is 0. The van der Waals surface area contributed by atoms with Gasteiger partial charge < -0.3 is 9.66 Å². The first-order chi connectivity index (χ1) is 5.91. The fraction of sp³-hybridized carbons (Fsp3) is 0.300. The van der Waals surface area contributed by atoms with Crippen LogP contribution in [-0.4, -0.2) is 27.7 Å². The van der Waals surface area contributed by atoms with E-state index in [-0.39, 0.29) is 0 Å². The number of aliphatic hydroxyl groups excluding tert-OH is 1. The van der Waals surface area contributed by atoms with E-state index in [1.54, 1.807) is 12.5 Å². The number of hydrogen-bond donors (Lipinski definition) is 2. The molecule has 0 fully saturated rings. The molecule has 0 unspecified atom stereocenters. The summed E-state index contributed by atoms with van der Waals surface area (Å²) in [5, 5.41) is 8.99. The van der Waals surface area contributed by atoms with Crippen LogP contribution in [0.15, 0.2) is 30.3 Å². The molecule has 2 N–H and O–H groups in total. The van der Waals surface area contributed by atoms with E-state index in [0.717, 1.165) is 11.1 Å². The van der Waals surface area contributed by atoms with Crippen LogP contribution in [0.2, 0.25) is 0 Å². The zero-order valence-corrected chi connectivity index (χ0v) is 8.79. The molecule has 74 valence electrons. The van der Waals surface area contributed by atoms with Gasteiger partial charge in [-0.05, 0) is 18.1 Å². The summed E-state index contributed by atoms with van der Waals surface area (Å²) in [7, 11) is -2.71. The van der Waals surface area contributed by atoms with E-state index in [4.69, 9.17) is 5.11 Å². The van der Waals surface area contributed by atoms with E-state index in [0.29, 0.717) is 5.75 Å². The van der Waals surface area contributed by atoms with Gasteiger partial charge in [-0.2, -0.15) is 0 Å². The molecule has 0 amide bonds. The topological polar surface area (TPSA) is 40.5 Å². The molecule has 0 heterocycles. The van der Waals surface area contributed by atoms with Gasteiger partial charge in [-0.15, -0.1) is 9.03 Å². The predicted octanol–water partition coefficient (Wildman–Crippen LogP) is 2.58. The summed E-state index contributed by atoms with van der Waals surface area (Å²) in [5.41, 5.74) is 1.99. The van der Waals surface area contributed by atoms with Gasteiger partial charge >= 0.3 is 0 Å². The summed E-state index contributed by atoms with van der Waals surface area (Å²) >= 11 is 0. The molecule has 0 aliphatic rings. The molecule has 1 aromatic rings. The fourth-order valence-electron chi connectivity index (χ4n) is 1.12. The second-order valence-electron chi connectivity index (χ2n) is 3.96. The van der Waals surface area contributed by atoms with Crippen LogP contribution in [0.1, 0.15) is 5.56 Å². The maximum absolute atomic E-state index is 10.0. The van der Waals surface area contributed by atoms with E-state index in [9.17, 15) is 4.55 Å². The van der Waals surface area contributed by atoms with Crippen molar-refractivity contribution in [2.24, 2.45) is 0 Å². The third kappa shape index (κ3) is 3.30. The van der Waals surface area contributed by atoms with Gasteiger partial charge in [-0.1, -0.05) is 30.3 Å². The third-order valence-corrected chi connectivity index (χ3v) is 3.65. The van der Waals surface area contributed by atoms with Crippen molar-refractivity contribution >= 4 is 14.6 Å². The Labute approximate surface area is 78.9 Å². The highest BCUT2D eigenvalue weighted by Gasteiger charge is 2.16. The maximum Gasteiger partial charge on any atom is 0.0644 e. The van der Waals surface area contributed by atoms with Crippen LogP contribution < -0.4 is 0 Å². The summed E-state index contributed by atoms with van der Waals surface area (Å²) in [6.07, 6.45) is 3.40. The number of aliphatic hydroxyl groups is 1. The molecule has 2 nitrogen and oxygen atoms in total. The Morgan fingerprint density at radius 1 is 1.23 bits per heavy atom. The van der Waals surface area contributed by atoms with Crippen molar-refractivity contribution < 1.29 is 9.66 Å². The number of benzene rings is 1. The van der Waals surface area contributed by atoms with Gasteiger partial charge in [0.15, 0.2) is 0 Å². The summed E-state index contributed by atoms with van der Waals surface area (Å²) in [6.45, 7) is 0. The highest BCUT2D eigenvalue weighted by molar-refractivity contribution is 8.41. The Morgan fingerprint density at radius 3 is 2.23 bits per heavy atom. The van der Waals surface area contributed by atoms with Crippen LogP contribution in [0.5, 0.6) is 0 Å². The predicted molar refractivity (Wildman–Crippen MR) is 60.9 cm³/mol. The molecule has 1 rings (SSSR count). The van der Waals surface area contributed by atoms with Crippen LogP contribution in [0.4, 0.5) is 0 Å². The minimum Gasteiger partial charge on any atom is -0.362 e. The molecule has 0 radical (unpaired) electrons. The van der Waals surface area contributed by atoms with Gasteiger partial charge in [0.25, 0.3) is 0 Å². The van der Waals surface area contributed by atoms with Gasteiger partial charge in [-0.25, -0.2) is 0 Å². The zero-order valence-electron chi connectivity index (χ0n) is 7.97. The highest BCUT2D eigenvalue weighted by atomic mass is 32.3. The van der Waals surface area contributed by atoms with Crippen molar-refractivity contribution in [2.45, 2.75) is 5.75 Å². The fourth-order valence-corrected chi connectivity index (χ4v) is 2.39. The third-order valence-electron chi connectivity index (χ3n) is 1.78. The minimum absolute atomic E-state index is 0.508. The maximum atomic E-state index is 10.0. The van der Waals surface area contributed by atoms with Crippen molar-refractivity contribution in [3.63, 3.8) is 0 Å². The molecular weight excluding hydrogens is 184 g/mol. The van der Waals surface area contributed by atoms with Crippen molar-refractivity contribution in [2.75, 3.05) is 12.5 Å². The lowest BCUT2D eigenvalue weighted by molar-refractivity contribution is 0.577. The minimum atomic E-state index is -2.71. The molecule has 3 heteroatoms. The van der Waals surface area contributed by atoms with Gasteiger partial charge in [0, 0.05) is 5.75 Å². The lowest BCUT2D eigenvalue weighted by Crippen LogP contribution is -2.09. The Kier molecular flexibility index (Phi) is 2.61. The van der Waals surface area contributed by atoms with Crippen LogP contribution >= 0.6 is 9.03 Å². The largest absolute Gasteiger partial charge is 0.362 e. The smallest absolute Gasteiger partial charge is 0.0644 e. The first kappa shape index (κ1) is 10.4.